The first-order valence-electron chi connectivity index (χ1n) is 5.20. The quantitative estimate of drug-likeness (QED) is 0.625. The molecule has 92 valence electrons. The van der Waals surface area contributed by atoms with Crippen LogP contribution in [0.1, 0.15) is 5.56 Å². The first-order valence-corrected chi connectivity index (χ1v) is 5.20. The second-order valence-corrected chi connectivity index (χ2v) is 3.61. The Morgan fingerprint density at radius 3 is 2.94 bits per heavy atom. The lowest BCUT2D eigenvalue weighted by Crippen LogP contribution is -2.04. The Morgan fingerprint density at radius 1 is 1.44 bits per heavy atom. The Morgan fingerprint density at radius 2 is 2.28 bits per heavy atom. The fraction of sp³-hybridized carbons (Fsp3) is 0.0909. The van der Waals surface area contributed by atoms with Crippen LogP contribution < -0.4 is 11.1 Å². The highest BCUT2D eigenvalue weighted by molar-refractivity contribution is 5.52. The van der Waals surface area contributed by atoms with Crippen molar-refractivity contribution in [2.45, 2.75) is 6.54 Å². The van der Waals surface area contributed by atoms with E-state index in [1.165, 1.54) is 12.1 Å². The number of nitrogens with zero attached hydrogens (tertiary/aromatic N) is 3. The van der Waals surface area contributed by atoms with Gasteiger partial charge < -0.3 is 11.1 Å². The van der Waals surface area contributed by atoms with Gasteiger partial charge in [0, 0.05) is 18.9 Å². The van der Waals surface area contributed by atoms with E-state index in [0.29, 0.717) is 12.4 Å². The molecule has 2 aromatic rings. The van der Waals surface area contributed by atoms with Crippen LogP contribution in [0.3, 0.4) is 0 Å². The summed E-state index contributed by atoms with van der Waals surface area (Å²) in [5.41, 5.74) is 6.36. The van der Waals surface area contributed by atoms with E-state index in [4.69, 9.17) is 5.73 Å². The van der Waals surface area contributed by atoms with Gasteiger partial charge in [0.25, 0.3) is 5.69 Å². The van der Waals surface area contributed by atoms with Gasteiger partial charge in [-0.25, -0.2) is 4.98 Å². The maximum Gasteiger partial charge on any atom is 0.276 e. The molecule has 0 fully saturated rings. The van der Waals surface area contributed by atoms with Gasteiger partial charge in [-0.05, 0) is 11.6 Å². The average Bonchev–Trinajstić information content (AvgIpc) is 2.37. The normalized spacial score (nSPS) is 10.0. The van der Waals surface area contributed by atoms with Crippen molar-refractivity contribution < 1.29 is 4.92 Å². The van der Waals surface area contributed by atoms with Gasteiger partial charge in [0.1, 0.15) is 11.6 Å². The molecular formula is C11H11N5O2. The number of rotatable bonds is 4. The lowest BCUT2D eigenvalue weighted by Gasteiger charge is -2.05. The highest BCUT2D eigenvalue weighted by Crippen LogP contribution is 2.19. The third-order valence-corrected chi connectivity index (χ3v) is 2.24. The van der Waals surface area contributed by atoms with E-state index >= 15 is 0 Å². The SMILES string of the molecule is Nc1cc([N+](=O)[O-])cc(NCc2cccnc2)n1. The number of nitrogens with one attached hydrogen (secondary N) is 1. The summed E-state index contributed by atoms with van der Waals surface area (Å²) in [5.74, 6) is 0.475. The van der Waals surface area contributed by atoms with Crippen LogP contribution in [-0.2, 0) is 6.54 Å². The van der Waals surface area contributed by atoms with Gasteiger partial charge in [0.15, 0.2) is 0 Å². The number of nitrogens with two attached hydrogens (primary N) is 1. The van der Waals surface area contributed by atoms with Crippen LogP contribution >= 0.6 is 0 Å². The van der Waals surface area contributed by atoms with Crippen molar-refractivity contribution in [3.8, 4) is 0 Å². The van der Waals surface area contributed by atoms with Crippen LogP contribution in [0.2, 0.25) is 0 Å². The summed E-state index contributed by atoms with van der Waals surface area (Å²) in [6.45, 7) is 0.474. The number of hydrogen-bond acceptors (Lipinski definition) is 6. The van der Waals surface area contributed by atoms with Gasteiger partial charge in [-0.1, -0.05) is 6.07 Å². The standard InChI is InChI=1S/C11H11N5O2/c12-10-4-9(16(17)18)5-11(15-10)14-7-8-2-1-3-13-6-8/h1-6H,7H2,(H3,12,14,15). The lowest BCUT2D eigenvalue weighted by atomic mass is 10.3. The van der Waals surface area contributed by atoms with Crippen molar-refractivity contribution in [1.82, 2.24) is 9.97 Å². The van der Waals surface area contributed by atoms with Crippen LogP contribution in [0.4, 0.5) is 17.3 Å². The summed E-state index contributed by atoms with van der Waals surface area (Å²) in [7, 11) is 0. The molecule has 7 heteroatoms. The molecule has 0 saturated carbocycles. The van der Waals surface area contributed by atoms with Crippen molar-refractivity contribution in [3.63, 3.8) is 0 Å². The molecule has 7 nitrogen and oxygen atoms in total. The number of nitrogen functional groups attached to an aromatic ring is 1. The summed E-state index contributed by atoms with van der Waals surface area (Å²) >= 11 is 0. The molecule has 18 heavy (non-hydrogen) atoms. The molecule has 2 heterocycles. The number of hydrogen-bond donors (Lipinski definition) is 2. The van der Waals surface area contributed by atoms with E-state index in [1.807, 2.05) is 12.1 Å². The summed E-state index contributed by atoms with van der Waals surface area (Å²) in [5, 5.41) is 13.6. The highest BCUT2D eigenvalue weighted by Gasteiger charge is 2.09. The Hall–Kier alpha value is -2.70. The van der Waals surface area contributed by atoms with Crippen molar-refractivity contribution >= 4 is 17.3 Å². The predicted octanol–water partition coefficient (Wildman–Crippen LogP) is 1.58. The summed E-state index contributed by atoms with van der Waals surface area (Å²) in [6, 6.07) is 6.26. The van der Waals surface area contributed by atoms with Gasteiger partial charge in [-0.15, -0.1) is 0 Å². The molecule has 0 aromatic carbocycles. The Bertz CT molecular complexity index is 559. The molecule has 0 aliphatic rings. The summed E-state index contributed by atoms with van der Waals surface area (Å²) < 4.78 is 0. The molecule has 0 spiro atoms. The lowest BCUT2D eigenvalue weighted by molar-refractivity contribution is -0.384. The first kappa shape index (κ1) is 11.8. The van der Waals surface area contributed by atoms with E-state index in [2.05, 4.69) is 15.3 Å². The molecule has 0 amide bonds. The smallest absolute Gasteiger partial charge is 0.276 e. The zero-order valence-electron chi connectivity index (χ0n) is 9.41. The summed E-state index contributed by atoms with van der Waals surface area (Å²) in [4.78, 5) is 18.1. The Balaban J connectivity index is 2.12. The molecule has 0 radical (unpaired) electrons. The van der Waals surface area contributed by atoms with Crippen LogP contribution in [-0.4, -0.2) is 14.9 Å². The van der Waals surface area contributed by atoms with Crippen LogP contribution in [0.5, 0.6) is 0 Å². The van der Waals surface area contributed by atoms with Gasteiger partial charge >= 0.3 is 0 Å². The third-order valence-electron chi connectivity index (χ3n) is 2.24. The molecule has 0 saturated heterocycles. The molecular weight excluding hydrogens is 234 g/mol. The Kier molecular flexibility index (Phi) is 3.33. The zero-order valence-corrected chi connectivity index (χ0v) is 9.41. The second kappa shape index (κ2) is 5.09. The number of anilines is 2. The van der Waals surface area contributed by atoms with E-state index in [9.17, 15) is 10.1 Å². The van der Waals surface area contributed by atoms with Crippen LogP contribution in [0.15, 0.2) is 36.7 Å². The number of pyridine rings is 2. The summed E-state index contributed by atoms with van der Waals surface area (Å²) in [6.07, 6.45) is 3.38. The van der Waals surface area contributed by atoms with Gasteiger partial charge in [0.05, 0.1) is 17.1 Å². The van der Waals surface area contributed by atoms with E-state index in [-0.39, 0.29) is 11.5 Å². The van der Waals surface area contributed by atoms with Gasteiger partial charge in [0.2, 0.25) is 0 Å². The molecule has 0 aliphatic heterocycles. The van der Waals surface area contributed by atoms with Gasteiger partial charge in [-0.3, -0.25) is 15.1 Å². The van der Waals surface area contributed by atoms with Crippen molar-refractivity contribution in [3.05, 3.63) is 52.3 Å². The molecule has 3 N–H and O–H groups in total. The van der Waals surface area contributed by atoms with Crippen LogP contribution in [0.25, 0.3) is 0 Å². The Labute approximate surface area is 103 Å². The monoisotopic (exact) mass is 245 g/mol. The maximum absolute atomic E-state index is 10.7. The number of aromatic nitrogens is 2. The molecule has 0 aliphatic carbocycles. The number of nitro groups is 1. The second-order valence-electron chi connectivity index (χ2n) is 3.61. The van der Waals surface area contributed by atoms with Crippen molar-refractivity contribution in [1.29, 1.82) is 0 Å². The minimum atomic E-state index is -0.507. The van der Waals surface area contributed by atoms with Crippen molar-refractivity contribution in [2.75, 3.05) is 11.1 Å². The van der Waals surface area contributed by atoms with Crippen molar-refractivity contribution in [2.24, 2.45) is 0 Å². The average molecular weight is 245 g/mol. The first-order chi connectivity index (χ1) is 8.65. The van der Waals surface area contributed by atoms with Crippen LogP contribution in [0, 0.1) is 10.1 Å². The zero-order chi connectivity index (χ0) is 13.0. The minimum absolute atomic E-state index is 0.0869. The molecule has 0 atom stereocenters. The highest BCUT2D eigenvalue weighted by atomic mass is 16.6. The maximum atomic E-state index is 10.7. The fourth-order valence-electron chi connectivity index (χ4n) is 1.43. The molecule has 0 unspecified atom stereocenters. The fourth-order valence-corrected chi connectivity index (χ4v) is 1.43. The predicted molar refractivity (Wildman–Crippen MR) is 66.9 cm³/mol. The van der Waals surface area contributed by atoms with E-state index in [0.717, 1.165) is 5.56 Å². The van der Waals surface area contributed by atoms with E-state index in [1.54, 1.807) is 12.4 Å². The molecule has 0 bridgehead atoms. The minimum Gasteiger partial charge on any atom is -0.383 e. The largest absolute Gasteiger partial charge is 0.383 e. The topological polar surface area (TPSA) is 107 Å². The van der Waals surface area contributed by atoms with E-state index < -0.39 is 4.92 Å². The molecule has 2 rings (SSSR count). The van der Waals surface area contributed by atoms with Gasteiger partial charge in [-0.2, -0.15) is 0 Å². The molecule has 2 aromatic heterocycles. The third kappa shape index (κ3) is 2.91.